The predicted octanol–water partition coefficient (Wildman–Crippen LogP) is 5.38. The molecule has 4 aromatic rings. The second-order valence-corrected chi connectivity index (χ2v) is 8.29. The minimum Gasteiger partial charge on any atom is -0.469 e. The molecule has 4 rings (SSSR count). The van der Waals surface area contributed by atoms with Crippen molar-refractivity contribution in [3.8, 4) is 17.2 Å². The minimum atomic E-state index is -0.568. The molecule has 1 aromatic heterocycles. The molecule has 0 radical (unpaired) electrons. The maximum Gasteiger partial charge on any atom is 0.311 e. The zero-order valence-corrected chi connectivity index (χ0v) is 20.6. The lowest BCUT2D eigenvalue weighted by Gasteiger charge is -2.10. The molecule has 10 nitrogen and oxygen atoms in total. The van der Waals surface area contributed by atoms with Gasteiger partial charge in [0.1, 0.15) is 11.4 Å². The second kappa shape index (κ2) is 10.9. The highest BCUT2D eigenvalue weighted by atomic mass is 35.5. The number of carbonyl (C=O) groups excluding carboxylic acids is 1. The van der Waals surface area contributed by atoms with Crippen LogP contribution in [0.3, 0.4) is 0 Å². The van der Waals surface area contributed by atoms with Gasteiger partial charge in [-0.2, -0.15) is 0 Å². The minimum absolute atomic E-state index is 0.122. The van der Waals surface area contributed by atoms with Crippen LogP contribution in [0.15, 0.2) is 82.6 Å². The highest BCUT2D eigenvalue weighted by molar-refractivity contribution is 6.31. The maximum atomic E-state index is 13.5. The Labute approximate surface area is 215 Å². The third-order valence-electron chi connectivity index (χ3n) is 5.37. The largest absolute Gasteiger partial charge is 0.469 e. The van der Waals surface area contributed by atoms with Gasteiger partial charge < -0.3 is 9.47 Å². The average Bonchev–Trinajstić information content (AvgIpc) is 3.21. The first-order valence-corrected chi connectivity index (χ1v) is 11.4. The number of carbonyl (C=O) groups is 1. The fourth-order valence-corrected chi connectivity index (χ4v) is 3.79. The van der Waals surface area contributed by atoms with Crippen molar-refractivity contribution in [2.45, 2.75) is 13.3 Å². The van der Waals surface area contributed by atoms with Gasteiger partial charge in [0.15, 0.2) is 5.75 Å². The lowest BCUT2D eigenvalue weighted by atomic mass is 10.1. The van der Waals surface area contributed by atoms with E-state index in [2.05, 4.69) is 10.1 Å². The van der Waals surface area contributed by atoms with E-state index in [1.807, 2.05) is 18.2 Å². The summed E-state index contributed by atoms with van der Waals surface area (Å²) in [5.74, 6) is 0.435. The number of hydrogen-bond donors (Lipinski definition) is 1. The van der Waals surface area contributed by atoms with Gasteiger partial charge in [-0.05, 0) is 49.4 Å². The van der Waals surface area contributed by atoms with E-state index in [9.17, 15) is 19.7 Å². The molecule has 0 fully saturated rings. The molecule has 1 N–H and O–H groups in total. The molecule has 0 bridgehead atoms. The molecule has 0 amide bonds. The number of H-pyrrole nitrogens is 1. The van der Waals surface area contributed by atoms with E-state index >= 15 is 0 Å². The Morgan fingerprint density at radius 1 is 1.11 bits per heavy atom. The molecule has 11 heteroatoms. The van der Waals surface area contributed by atoms with Crippen LogP contribution in [-0.4, -0.2) is 33.5 Å². The Bertz CT molecular complexity index is 1540. The second-order valence-electron chi connectivity index (χ2n) is 7.86. The van der Waals surface area contributed by atoms with Crippen LogP contribution in [0.25, 0.3) is 5.69 Å². The zero-order chi connectivity index (χ0) is 26.5. The van der Waals surface area contributed by atoms with Gasteiger partial charge in [0.05, 0.1) is 41.1 Å². The van der Waals surface area contributed by atoms with Crippen LogP contribution in [0.2, 0.25) is 5.02 Å². The Hall–Kier alpha value is -4.70. The van der Waals surface area contributed by atoms with Gasteiger partial charge in [0.25, 0.3) is 11.2 Å². The fourth-order valence-electron chi connectivity index (χ4n) is 3.62. The number of nitrogens with zero attached hydrogens (tertiary/aromatic N) is 3. The number of nitro groups is 1. The van der Waals surface area contributed by atoms with Crippen molar-refractivity contribution in [1.29, 1.82) is 0 Å². The number of aliphatic imine (C=N–C) groups is 1. The van der Waals surface area contributed by atoms with Crippen molar-refractivity contribution in [3.05, 3.63) is 110 Å². The van der Waals surface area contributed by atoms with E-state index < -0.39 is 16.5 Å². The van der Waals surface area contributed by atoms with E-state index in [1.54, 1.807) is 37.3 Å². The highest BCUT2D eigenvalue weighted by Gasteiger charge is 2.21. The molecule has 188 valence electrons. The van der Waals surface area contributed by atoms with Crippen molar-refractivity contribution in [3.63, 3.8) is 0 Å². The van der Waals surface area contributed by atoms with Crippen LogP contribution in [0.1, 0.15) is 18.2 Å². The first kappa shape index (κ1) is 25.4. The molecule has 0 saturated heterocycles. The molecular weight excluding hydrogens is 500 g/mol. The number of methoxy groups -OCH3 is 1. The summed E-state index contributed by atoms with van der Waals surface area (Å²) in [7, 11) is 1.24. The molecule has 0 aliphatic carbocycles. The Morgan fingerprint density at radius 2 is 1.81 bits per heavy atom. The number of nitro benzene ring substituents is 1. The summed E-state index contributed by atoms with van der Waals surface area (Å²) < 4.78 is 11.9. The third-order valence-corrected chi connectivity index (χ3v) is 5.61. The molecule has 0 aliphatic heterocycles. The quantitative estimate of drug-likeness (QED) is 0.144. The van der Waals surface area contributed by atoms with E-state index in [0.717, 1.165) is 0 Å². The molecule has 0 aliphatic rings. The lowest BCUT2D eigenvalue weighted by Crippen LogP contribution is -2.20. The number of rotatable bonds is 8. The van der Waals surface area contributed by atoms with Crippen molar-refractivity contribution in [2.75, 3.05) is 7.11 Å². The van der Waals surface area contributed by atoms with Crippen molar-refractivity contribution in [1.82, 2.24) is 9.78 Å². The molecule has 0 unspecified atom stereocenters. The monoisotopic (exact) mass is 520 g/mol. The van der Waals surface area contributed by atoms with Crippen LogP contribution in [0, 0.1) is 10.1 Å². The van der Waals surface area contributed by atoms with Crippen LogP contribution < -0.4 is 10.3 Å². The molecular formula is C26H21ClN4O6. The third kappa shape index (κ3) is 5.76. The number of halogens is 1. The maximum absolute atomic E-state index is 13.5. The SMILES string of the molecule is COC(=O)Cc1[nH]n(-c2ccc([N+](=O)[O-])cc2)c(=O)c1C(C)=Nc1cc(Cl)ccc1Oc1ccccc1. The van der Waals surface area contributed by atoms with Gasteiger partial charge in [-0.3, -0.25) is 24.8 Å². The van der Waals surface area contributed by atoms with E-state index in [0.29, 0.717) is 33.6 Å². The summed E-state index contributed by atoms with van der Waals surface area (Å²) in [6.07, 6.45) is -0.225. The molecule has 37 heavy (non-hydrogen) atoms. The van der Waals surface area contributed by atoms with E-state index in [-0.39, 0.29) is 23.4 Å². The summed E-state index contributed by atoms with van der Waals surface area (Å²) in [4.78, 5) is 40.6. The standard InChI is InChI=1S/C26H21ClN4O6/c1-16(28-21-14-17(27)8-13-23(21)37-20-6-4-3-5-7-20)25-22(15-24(32)36-2)29-30(26(25)33)18-9-11-19(12-10-18)31(34)35/h3-14,29H,15H2,1-2H3. The van der Waals surface area contributed by atoms with Crippen molar-refractivity contribution >= 4 is 34.7 Å². The van der Waals surface area contributed by atoms with Crippen LogP contribution in [0.4, 0.5) is 11.4 Å². The molecule has 3 aromatic carbocycles. The zero-order valence-electron chi connectivity index (χ0n) is 19.8. The van der Waals surface area contributed by atoms with Crippen LogP contribution >= 0.6 is 11.6 Å². The van der Waals surface area contributed by atoms with Gasteiger partial charge in [-0.25, -0.2) is 9.67 Å². The number of aromatic amines is 1. The Balaban J connectivity index is 1.80. The van der Waals surface area contributed by atoms with Gasteiger partial charge in [-0.15, -0.1) is 0 Å². The van der Waals surface area contributed by atoms with Gasteiger partial charge in [0.2, 0.25) is 0 Å². The summed E-state index contributed by atoms with van der Waals surface area (Å²) in [5, 5.41) is 14.3. The number of benzene rings is 3. The molecule has 0 atom stereocenters. The van der Waals surface area contributed by atoms with Crippen molar-refractivity contribution in [2.24, 2.45) is 4.99 Å². The van der Waals surface area contributed by atoms with Crippen LogP contribution in [-0.2, 0) is 16.0 Å². The van der Waals surface area contributed by atoms with Gasteiger partial charge >= 0.3 is 5.97 Å². The molecule has 1 heterocycles. The Kier molecular flexibility index (Phi) is 7.49. The number of para-hydroxylation sites is 1. The van der Waals surface area contributed by atoms with Crippen molar-refractivity contribution < 1.29 is 19.2 Å². The molecule has 0 spiro atoms. The Morgan fingerprint density at radius 3 is 2.46 bits per heavy atom. The van der Waals surface area contributed by atoms with E-state index in [1.165, 1.54) is 36.1 Å². The first-order valence-electron chi connectivity index (χ1n) is 11.0. The van der Waals surface area contributed by atoms with Crippen LogP contribution in [0.5, 0.6) is 11.5 Å². The van der Waals surface area contributed by atoms with Gasteiger partial charge in [0, 0.05) is 17.2 Å². The van der Waals surface area contributed by atoms with E-state index in [4.69, 9.17) is 21.1 Å². The topological polar surface area (TPSA) is 129 Å². The fraction of sp³-hybridized carbons (Fsp3) is 0.115. The number of nitrogens with one attached hydrogen (secondary N) is 1. The number of aromatic nitrogens is 2. The number of esters is 1. The number of non-ortho nitro benzene ring substituents is 1. The number of ether oxygens (including phenoxy) is 2. The summed E-state index contributed by atoms with van der Waals surface area (Å²) in [6.45, 7) is 1.62. The molecule has 0 saturated carbocycles. The first-order chi connectivity index (χ1) is 17.8. The highest BCUT2D eigenvalue weighted by Crippen LogP contribution is 2.34. The predicted molar refractivity (Wildman–Crippen MR) is 139 cm³/mol. The summed E-state index contributed by atoms with van der Waals surface area (Å²) in [6, 6.07) is 19.5. The summed E-state index contributed by atoms with van der Waals surface area (Å²) >= 11 is 6.21. The lowest BCUT2D eigenvalue weighted by molar-refractivity contribution is -0.384. The average molecular weight is 521 g/mol. The summed E-state index contributed by atoms with van der Waals surface area (Å²) in [5.41, 5.74) is 0.806. The smallest absolute Gasteiger partial charge is 0.311 e. The van der Waals surface area contributed by atoms with Gasteiger partial charge in [-0.1, -0.05) is 29.8 Å². The normalized spacial score (nSPS) is 11.3. The number of hydrogen-bond acceptors (Lipinski definition) is 7.